The van der Waals surface area contributed by atoms with Crippen molar-refractivity contribution in [2.24, 2.45) is 11.7 Å². The summed E-state index contributed by atoms with van der Waals surface area (Å²) in [5.41, 5.74) is 7.50. The number of fused-ring (bicyclic) bond motifs is 3. The van der Waals surface area contributed by atoms with Gasteiger partial charge in [-0.1, -0.05) is 6.07 Å². The van der Waals surface area contributed by atoms with Gasteiger partial charge in [0.15, 0.2) is 0 Å². The normalized spacial score (nSPS) is 33.3. The van der Waals surface area contributed by atoms with E-state index in [1.807, 2.05) is 11.0 Å². The fourth-order valence-electron chi connectivity index (χ4n) is 5.34. The predicted molar refractivity (Wildman–Crippen MR) is 103 cm³/mol. The zero-order valence-electron chi connectivity index (χ0n) is 15.9. The van der Waals surface area contributed by atoms with Crippen LogP contribution >= 0.6 is 0 Å². The largest absolute Gasteiger partial charge is 0.322 e. The van der Waals surface area contributed by atoms with Gasteiger partial charge in [-0.3, -0.25) is 14.5 Å². The molecule has 1 aromatic carbocycles. The number of benzene rings is 1. The maximum absolute atomic E-state index is 13.0. The second-order valence-corrected chi connectivity index (χ2v) is 8.53. The number of hydrogen-bond acceptors (Lipinski definition) is 6. The van der Waals surface area contributed by atoms with Gasteiger partial charge in [0.1, 0.15) is 6.04 Å². The van der Waals surface area contributed by atoms with E-state index in [-0.39, 0.29) is 36.0 Å². The van der Waals surface area contributed by atoms with Gasteiger partial charge in [-0.25, -0.2) is 0 Å². The van der Waals surface area contributed by atoms with Crippen molar-refractivity contribution in [2.75, 3.05) is 18.0 Å². The summed E-state index contributed by atoms with van der Waals surface area (Å²) in [6, 6.07) is 10.2. The SMILES string of the molecule is N#Cc1cccc(N2C(=O)[C@H]3C[C@@H]2CN3C[C@H](N)C(=O)N2[C@H](C#N)CC3C[C@@H]32)c1. The molecule has 1 saturated carbocycles. The van der Waals surface area contributed by atoms with E-state index in [1.165, 1.54) is 0 Å². The Kier molecular flexibility index (Phi) is 4.09. The number of rotatable bonds is 4. The first-order valence-corrected chi connectivity index (χ1v) is 10.1. The average Bonchev–Trinajstić information content (AvgIpc) is 3.07. The molecular formula is C21H22N6O2. The lowest BCUT2D eigenvalue weighted by molar-refractivity contribution is -0.135. The number of piperazine rings is 1. The van der Waals surface area contributed by atoms with Crippen molar-refractivity contribution in [3.63, 3.8) is 0 Å². The number of piperidine rings is 1. The van der Waals surface area contributed by atoms with Crippen LogP contribution in [0.2, 0.25) is 0 Å². The van der Waals surface area contributed by atoms with Gasteiger partial charge in [-0.15, -0.1) is 0 Å². The molecule has 3 heterocycles. The van der Waals surface area contributed by atoms with E-state index >= 15 is 0 Å². The summed E-state index contributed by atoms with van der Waals surface area (Å²) in [4.78, 5) is 31.3. The first-order chi connectivity index (χ1) is 14.0. The van der Waals surface area contributed by atoms with Gasteiger partial charge < -0.3 is 15.5 Å². The molecular weight excluding hydrogens is 368 g/mol. The third-order valence-corrected chi connectivity index (χ3v) is 6.78. The standard InChI is InChI=1S/C21H22N6O2/c22-8-12-2-1-3-14(4-12)26-16-7-19(21(26)29)25(10-16)11-17(24)20(28)27-15(9-23)5-13-6-18(13)27/h1-4,13,15-19H,5-7,10-11,24H2/t13?,15-,16+,17-,18-,19+/m0/s1. The van der Waals surface area contributed by atoms with Gasteiger partial charge in [0.2, 0.25) is 11.8 Å². The molecule has 2 N–H and O–H groups in total. The highest BCUT2D eigenvalue weighted by molar-refractivity contribution is 6.01. The van der Waals surface area contributed by atoms with Gasteiger partial charge in [-0.05, 0) is 43.4 Å². The number of likely N-dealkylation sites (tertiary alicyclic amines) is 2. The predicted octanol–water partition coefficient (Wildman–Crippen LogP) is 0.188. The molecule has 5 rings (SSSR count). The first-order valence-electron chi connectivity index (χ1n) is 10.1. The van der Waals surface area contributed by atoms with Crippen LogP contribution in [0.1, 0.15) is 24.8 Å². The Labute approximate surface area is 169 Å². The molecule has 3 saturated heterocycles. The zero-order valence-corrected chi connectivity index (χ0v) is 15.9. The highest BCUT2D eigenvalue weighted by Crippen LogP contribution is 2.47. The molecule has 29 heavy (non-hydrogen) atoms. The monoisotopic (exact) mass is 390 g/mol. The van der Waals surface area contributed by atoms with Crippen LogP contribution in [0.4, 0.5) is 5.69 Å². The summed E-state index contributed by atoms with van der Waals surface area (Å²) in [6.45, 7) is 0.978. The Morgan fingerprint density at radius 1 is 1.28 bits per heavy atom. The molecule has 2 amide bonds. The topological polar surface area (TPSA) is 117 Å². The van der Waals surface area contributed by atoms with Crippen LogP contribution < -0.4 is 10.6 Å². The molecule has 8 nitrogen and oxygen atoms in total. The first kappa shape index (κ1) is 18.1. The molecule has 1 aliphatic carbocycles. The number of amides is 2. The van der Waals surface area contributed by atoms with Crippen molar-refractivity contribution in [2.45, 2.75) is 49.5 Å². The number of hydrogen-bond donors (Lipinski definition) is 1. The molecule has 6 atom stereocenters. The molecule has 148 valence electrons. The maximum atomic E-state index is 13.0. The second-order valence-electron chi connectivity index (χ2n) is 8.53. The molecule has 1 unspecified atom stereocenters. The van der Waals surface area contributed by atoms with Crippen molar-refractivity contribution in [3.05, 3.63) is 29.8 Å². The maximum Gasteiger partial charge on any atom is 0.244 e. The summed E-state index contributed by atoms with van der Waals surface area (Å²) < 4.78 is 0. The van der Waals surface area contributed by atoms with Gasteiger partial charge >= 0.3 is 0 Å². The van der Waals surface area contributed by atoms with E-state index in [4.69, 9.17) is 11.0 Å². The number of nitriles is 2. The number of anilines is 1. The molecule has 0 radical (unpaired) electrons. The minimum absolute atomic E-state index is 0.00526. The highest BCUT2D eigenvalue weighted by atomic mass is 16.2. The quantitative estimate of drug-likeness (QED) is 0.784. The van der Waals surface area contributed by atoms with Crippen molar-refractivity contribution in [1.29, 1.82) is 10.5 Å². The van der Waals surface area contributed by atoms with Gasteiger partial charge in [-0.2, -0.15) is 10.5 Å². The second kappa shape index (κ2) is 6.55. The molecule has 3 aliphatic heterocycles. The Bertz CT molecular complexity index is 965. The zero-order chi connectivity index (χ0) is 20.3. The minimum atomic E-state index is -0.729. The number of nitrogens with zero attached hydrogens (tertiary/aromatic N) is 5. The Balaban J connectivity index is 1.26. The average molecular weight is 390 g/mol. The van der Waals surface area contributed by atoms with E-state index in [2.05, 4.69) is 12.1 Å². The number of nitrogens with two attached hydrogens (primary N) is 1. The lowest BCUT2D eigenvalue weighted by Gasteiger charge is -2.35. The van der Waals surface area contributed by atoms with Crippen LogP contribution in [0.5, 0.6) is 0 Å². The van der Waals surface area contributed by atoms with E-state index in [1.54, 1.807) is 28.0 Å². The van der Waals surface area contributed by atoms with Gasteiger partial charge in [0.05, 0.1) is 35.8 Å². The fraction of sp³-hybridized carbons (Fsp3) is 0.524. The molecule has 4 aliphatic rings. The molecule has 8 heteroatoms. The molecule has 1 aromatic rings. The van der Waals surface area contributed by atoms with Crippen molar-refractivity contribution >= 4 is 17.5 Å². The van der Waals surface area contributed by atoms with Crippen molar-refractivity contribution in [1.82, 2.24) is 9.80 Å². The van der Waals surface area contributed by atoms with Crippen LogP contribution in [0.25, 0.3) is 0 Å². The molecule has 4 fully saturated rings. The summed E-state index contributed by atoms with van der Waals surface area (Å²) in [7, 11) is 0. The Morgan fingerprint density at radius 3 is 2.83 bits per heavy atom. The van der Waals surface area contributed by atoms with Crippen LogP contribution in [0.3, 0.4) is 0 Å². The minimum Gasteiger partial charge on any atom is -0.322 e. The van der Waals surface area contributed by atoms with E-state index in [9.17, 15) is 14.9 Å². The summed E-state index contributed by atoms with van der Waals surface area (Å²) in [5, 5.41) is 18.4. The summed E-state index contributed by atoms with van der Waals surface area (Å²) in [6.07, 6.45) is 2.43. The van der Waals surface area contributed by atoms with E-state index in [0.29, 0.717) is 31.0 Å². The Morgan fingerprint density at radius 2 is 2.10 bits per heavy atom. The summed E-state index contributed by atoms with van der Waals surface area (Å²) >= 11 is 0. The third kappa shape index (κ3) is 2.79. The van der Waals surface area contributed by atoms with Crippen molar-refractivity contribution in [3.8, 4) is 12.1 Å². The molecule has 2 bridgehead atoms. The van der Waals surface area contributed by atoms with Crippen LogP contribution in [-0.2, 0) is 9.59 Å². The Hall–Kier alpha value is -2.94. The van der Waals surface area contributed by atoms with Crippen molar-refractivity contribution < 1.29 is 9.59 Å². The number of carbonyl (C=O) groups excluding carboxylic acids is 2. The molecule has 0 spiro atoms. The van der Waals surface area contributed by atoms with Crippen LogP contribution in [-0.4, -0.2) is 64.9 Å². The van der Waals surface area contributed by atoms with Crippen LogP contribution in [0.15, 0.2) is 24.3 Å². The van der Waals surface area contributed by atoms with Gasteiger partial charge in [0.25, 0.3) is 0 Å². The van der Waals surface area contributed by atoms with E-state index in [0.717, 1.165) is 18.5 Å². The third-order valence-electron chi connectivity index (χ3n) is 6.78. The molecule has 0 aromatic heterocycles. The highest BCUT2D eigenvalue weighted by Gasteiger charge is 2.55. The van der Waals surface area contributed by atoms with Crippen LogP contribution in [0, 0.1) is 28.6 Å². The van der Waals surface area contributed by atoms with E-state index < -0.39 is 6.04 Å². The lowest BCUT2D eigenvalue weighted by atomic mass is 10.1. The fourth-order valence-corrected chi connectivity index (χ4v) is 5.34. The summed E-state index contributed by atoms with van der Waals surface area (Å²) in [5.74, 6) is 0.280. The van der Waals surface area contributed by atoms with Gasteiger partial charge in [0, 0.05) is 24.8 Å². The lowest BCUT2D eigenvalue weighted by Crippen LogP contribution is -2.57. The number of carbonyl (C=O) groups is 2. The smallest absolute Gasteiger partial charge is 0.244 e.